The van der Waals surface area contributed by atoms with Gasteiger partial charge in [0, 0.05) is 22.3 Å². The number of nitrogens with two attached hydrogens (primary N) is 1. The average Bonchev–Trinajstić information content (AvgIpc) is 2.84. The Morgan fingerprint density at radius 3 is 2.73 bits per heavy atom. The summed E-state index contributed by atoms with van der Waals surface area (Å²) in [5, 5.41) is 12.9. The van der Waals surface area contributed by atoms with Crippen LogP contribution in [0.1, 0.15) is 56.4 Å². The van der Waals surface area contributed by atoms with Crippen LogP contribution in [-0.4, -0.2) is 29.4 Å². The molecule has 1 aromatic heterocycles. The second-order valence-electron chi connectivity index (χ2n) is 6.38. The lowest BCUT2D eigenvalue weighted by molar-refractivity contribution is 0.0521. The zero-order valence-electron chi connectivity index (χ0n) is 13.9. The fraction of sp³-hybridized carbons (Fsp3) is 0.688. The van der Waals surface area contributed by atoms with Crippen LogP contribution in [0, 0.1) is 0 Å². The topological polar surface area (TPSA) is 84.6 Å². The number of nitrogens with one attached hydrogen (secondary N) is 1. The first-order valence-corrected chi connectivity index (χ1v) is 8.53. The Hall–Kier alpha value is -1.11. The van der Waals surface area contributed by atoms with Gasteiger partial charge in [-0.3, -0.25) is 0 Å². The Kier molecular flexibility index (Phi) is 7.32. The highest BCUT2D eigenvalue weighted by Crippen LogP contribution is 2.26. The lowest BCUT2D eigenvalue weighted by atomic mass is 10.1. The van der Waals surface area contributed by atoms with E-state index in [0.717, 1.165) is 17.7 Å². The summed E-state index contributed by atoms with van der Waals surface area (Å²) in [6.45, 7) is 7.94. The number of alkyl carbamates (subject to hydrolysis) is 1. The van der Waals surface area contributed by atoms with Crippen LogP contribution in [0.25, 0.3) is 0 Å². The molecule has 1 aromatic rings. The van der Waals surface area contributed by atoms with Crippen LogP contribution in [0.15, 0.2) is 12.1 Å². The number of carbonyl (C=O) groups excluding carboxylic acids is 1. The summed E-state index contributed by atoms with van der Waals surface area (Å²) < 4.78 is 5.14. The monoisotopic (exact) mass is 328 g/mol. The number of hydrogen-bond donors (Lipinski definition) is 3. The van der Waals surface area contributed by atoms with Crippen molar-refractivity contribution in [1.29, 1.82) is 0 Å². The molecule has 0 saturated carbocycles. The van der Waals surface area contributed by atoms with Crippen molar-refractivity contribution in [3.8, 4) is 0 Å². The molecule has 0 aromatic carbocycles. The van der Waals surface area contributed by atoms with E-state index in [2.05, 4.69) is 12.2 Å². The number of amides is 1. The Balaban J connectivity index is 2.37. The summed E-state index contributed by atoms with van der Waals surface area (Å²) in [5.41, 5.74) is 5.49. The number of carbonyl (C=O) groups is 1. The van der Waals surface area contributed by atoms with Gasteiger partial charge in [0.05, 0.1) is 0 Å². The molecule has 0 radical (unpaired) electrons. The van der Waals surface area contributed by atoms with E-state index in [1.165, 1.54) is 4.88 Å². The number of aryl methyl sites for hydroxylation is 1. The third-order valence-corrected chi connectivity index (χ3v) is 4.24. The first-order valence-electron chi connectivity index (χ1n) is 7.72. The highest BCUT2D eigenvalue weighted by atomic mass is 32.1. The Labute approximate surface area is 136 Å². The zero-order chi connectivity index (χ0) is 16.8. The lowest BCUT2D eigenvalue weighted by Crippen LogP contribution is -2.36. The Morgan fingerprint density at radius 1 is 1.45 bits per heavy atom. The van der Waals surface area contributed by atoms with Gasteiger partial charge in [-0.15, -0.1) is 11.3 Å². The first kappa shape index (κ1) is 18.9. The number of ether oxygens (including phenoxy) is 1. The van der Waals surface area contributed by atoms with Gasteiger partial charge in [0.2, 0.25) is 0 Å². The fourth-order valence-electron chi connectivity index (χ4n) is 1.96. The minimum atomic E-state index is -0.698. The van der Waals surface area contributed by atoms with Gasteiger partial charge in [0.1, 0.15) is 11.7 Å². The van der Waals surface area contributed by atoms with Gasteiger partial charge < -0.3 is 20.9 Å². The molecule has 22 heavy (non-hydrogen) atoms. The number of rotatable bonds is 7. The first-order chi connectivity index (χ1) is 10.2. The summed E-state index contributed by atoms with van der Waals surface area (Å²) in [4.78, 5) is 13.7. The smallest absolute Gasteiger partial charge is 0.407 e. The van der Waals surface area contributed by atoms with Crippen LogP contribution in [0.4, 0.5) is 4.79 Å². The van der Waals surface area contributed by atoms with Crippen molar-refractivity contribution < 1.29 is 14.6 Å². The number of aliphatic hydroxyl groups excluding tert-OH is 1. The molecule has 126 valence electrons. The zero-order valence-corrected chi connectivity index (χ0v) is 14.7. The number of thiophene rings is 1. The maximum absolute atomic E-state index is 11.5. The van der Waals surface area contributed by atoms with Gasteiger partial charge in [0.15, 0.2) is 0 Å². The SMILES string of the molecule is CCCc1ccc(C(O)C(N)CCNC(=O)OC(C)(C)C)s1. The molecule has 6 heteroatoms. The van der Waals surface area contributed by atoms with Crippen LogP contribution < -0.4 is 11.1 Å². The van der Waals surface area contributed by atoms with Crippen LogP contribution in [0.2, 0.25) is 0 Å². The molecule has 0 spiro atoms. The van der Waals surface area contributed by atoms with E-state index in [-0.39, 0.29) is 0 Å². The third kappa shape index (κ3) is 6.77. The Bertz CT molecular complexity index is 468. The number of aliphatic hydroxyl groups is 1. The predicted octanol–water partition coefficient (Wildman–Crippen LogP) is 2.98. The summed E-state index contributed by atoms with van der Waals surface area (Å²) in [6.07, 6.45) is 1.43. The van der Waals surface area contributed by atoms with E-state index in [1.54, 1.807) is 11.3 Å². The Morgan fingerprint density at radius 2 is 2.14 bits per heavy atom. The van der Waals surface area contributed by atoms with Gasteiger partial charge >= 0.3 is 6.09 Å². The molecule has 0 aliphatic heterocycles. The van der Waals surface area contributed by atoms with Crippen LogP contribution in [0.3, 0.4) is 0 Å². The maximum atomic E-state index is 11.5. The molecule has 2 atom stereocenters. The summed E-state index contributed by atoms with van der Waals surface area (Å²) in [5.74, 6) is 0. The molecule has 1 heterocycles. The van der Waals surface area contributed by atoms with Crippen molar-refractivity contribution in [1.82, 2.24) is 5.32 Å². The van der Waals surface area contributed by atoms with Crippen molar-refractivity contribution in [2.75, 3.05) is 6.54 Å². The van der Waals surface area contributed by atoms with E-state index >= 15 is 0 Å². The molecule has 1 amide bonds. The normalized spacial score (nSPS) is 14.5. The molecule has 0 bridgehead atoms. The predicted molar refractivity (Wildman–Crippen MR) is 90.1 cm³/mol. The van der Waals surface area contributed by atoms with E-state index in [1.807, 2.05) is 32.9 Å². The highest BCUT2D eigenvalue weighted by molar-refractivity contribution is 7.12. The molecule has 0 aliphatic carbocycles. The van der Waals surface area contributed by atoms with E-state index in [0.29, 0.717) is 13.0 Å². The maximum Gasteiger partial charge on any atom is 0.407 e. The van der Waals surface area contributed by atoms with E-state index in [4.69, 9.17) is 10.5 Å². The molecule has 0 saturated heterocycles. The van der Waals surface area contributed by atoms with Crippen molar-refractivity contribution in [3.63, 3.8) is 0 Å². The largest absolute Gasteiger partial charge is 0.444 e. The molecule has 0 aliphatic rings. The summed E-state index contributed by atoms with van der Waals surface area (Å²) >= 11 is 1.60. The quantitative estimate of drug-likeness (QED) is 0.718. The van der Waals surface area contributed by atoms with Crippen molar-refractivity contribution in [2.24, 2.45) is 5.73 Å². The van der Waals surface area contributed by atoms with Crippen LogP contribution in [0.5, 0.6) is 0 Å². The molecular weight excluding hydrogens is 300 g/mol. The molecular formula is C16H28N2O3S. The minimum Gasteiger partial charge on any atom is -0.444 e. The van der Waals surface area contributed by atoms with Gasteiger partial charge in [-0.05, 0) is 45.7 Å². The standard InChI is InChI=1S/C16H28N2O3S/c1-5-6-11-7-8-13(22-11)14(19)12(17)9-10-18-15(20)21-16(2,3)4/h7-8,12,14,19H,5-6,9-10,17H2,1-4H3,(H,18,20). The van der Waals surface area contributed by atoms with Crippen molar-refractivity contribution in [3.05, 3.63) is 21.9 Å². The fourth-order valence-corrected chi connectivity index (χ4v) is 3.13. The molecule has 0 fully saturated rings. The van der Waals surface area contributed by atoms with E-state index < -0.39 is 23.8 Å². The van der Waals surface area contributed by atoms with Crippen molar-refractivity contribution in [2.45, 2.75) is 64.7 Å². The van der Waals surface area contributed by atoms with E-state index in [9.17, 15) is 9.90 Å². The number of hydrogen-bond acceptors (Lipinski definition) is 5. The highest BCUT2D eigenvalue weighted by Gasteiger charge is 2.20. The second-order valence-corrected chi connectivity index (χ2v) is 7.58. The molecule has 1 rings (SSSR count). The van der Waals surface area contributed by atoms with Gasteiger partial charge in [-0.1, -0.05) is 13.3 Å². The van der Waals surface area contributed by atoms with Crippen molar-refractivity contribution >= 4 is 17.4 Å². The minimum absolute atomic E-state index is 0.375. The van der Waals surface area contributed by atoms with Crippen LogP contribution >= 0.6 is 11.3 Å². The molecule has 5 nitrogen and oxygen atoms in total. The van der Waals surface area contributed by atoms with Gasteiger partial charge in [0.25, 0.3) is 0 Å². The third-order valence-electron chi connectivity index (χ3n) is 3.02. The second kappa shape index (κ2) is 8.50. The summed E-state index contributed by atoms with van der Waals surface area (Å²) in [6, 6.07) is 3.56. The average molecular weight is 328 g/mol. The van der Waals surface area contributed by atoms with Crippen LogP contribution in [-0.2, 0) is 11.2 Å². The lowest BCUT2D eigenvalue weighted by Gasteiger charge is -2.21. The van der Waals surface area contributed by atoms with Gasteiger partial charge in [-0.25, -0.2) is 4.79 Å². The van der Waals surface area contributed by atoms with Gasteiger partial charge in [-0.2, -0.15) is 0 Å². The molecule has 4 N–H and O–H groups in total. The molecule has 2 unspecified atom stereocenters. The summed E-state index contributed by atoms with van der Waals surface area (Å²) in [7, 11) is 0.